The maximum atomic E-state index is 13.9. The molecule has 10 heteroatoms. The molecule has 1 unspecified atom stereocenters. The number of hydrogen-bond acceptors (Lipinski definition) is 5. The van der Waals surface area contributed by atoms with Gasteiger partial charge < -0.3 is 19.2 Å². The van der Waals surface area contributed by atoms with E-state index in [0.717, 1.165) is 12.4 Å². The number of aromatic nitrogens is 3. The Kier molecular flexibility index (Phi) is 8.40. The first kappa shape index (κ1) is 23.9. The van der Waals surface area contributed by atoms with Crippen molar-refractivity contribution in [2.75, 3.05) is 19.6 Å². The van der Waals surface area contributed by atoms with E-state index in [1.165, 1.54) is 12.3 Å². The molecule has 1 amide bonds. The lowest BCUT2D eigenvalue weighted by Crippen LogP contribution is -2.49. The number of halogens is 3. The molecule has 7 nitrogen and oxygen atoms in total. The molecule has 1 aromatic carbocycles. The molecule has 1 atom stereocenters. The van der Waals surface area contributed by atoms with Gasteiger partial charge in [0.1, 0.15) is 17.7 Å². The van der Waals surface area contributed by atoms with Crippen LogP contribution in [0.5, 0.6) is 0 Å². The lowest BCUT2D eigenvalue weighted by atomic mass is 10.1. The van der Waals surface area contributed by atoms with Crippen molar-refractivity contribution < 1.29 is 13.6 Å². The van der Waals surface area contributed by atoms with Gasteiger partial charge in [-0.05, 0) is 12.1 Å². The number of nitrogens with one attached hydrogen (secondary N) is 1. The third kappa shape index (κ3) is 5.00. The quantitative estimate of drug-likeness (QED) is 0.639. The van der Waals surface area contributed by atoms with Gasteiger partial charge in [-0.2, -0.15) is 0 Å². The first-order chi connectivity index (χ1) is 13.6. The highest BCUT2D eigenvalue weighted by Gasteiger charge is 2.30. The van der Waals surface area contributed by atoms with E-state index in [2.05, 4.69) is 15.3 Å². The topological polar surface area (TPSA) is 76.2 Å². The third-order valence-corrected chi connectivity index (χ3v) is 4.97. The van der Waals surface area contributed by atoms with Crippen LogP contribution in [0.3, 0.4) is 0 Å². The Labute approximate surface area is 186 Å². The normalized spacial score (nSPS) is 15.9. The molecule has 4 rings (SSSR count). The van der Waals surface area contributed by atoms with Crippen LogP contribution in [0.4, 0.5) is 4.39 Å². The molecular weight excluding hydrogens is 432 g/mol. The fraction of sp³-hybridized carbons (Fsp3) is 0.350. The number of oxazole rings is 1. The molecule has 2 aromatic heterocycles. The van der Waals surface area contributed by atoms with Gasteiger partial charge in [0.05, 0.1) is 11.8 Å². The third-order valence-electron chi connectivity index (χ3n) is 4.97. The molecule has 0 aliphatic carbocycles. The Hall–Kier alpha value is -2.42. The minimum Gasteiger partial charge on any atom is -0.441 e. The Bertz CT molecular complexity index is 978. The summed E-state index contributed by atoms with van der Waals surface area (Å²) in [6.45, 7) is 2.05. The zero-order valence-corrected chi connectivity index (χ0v) is 18.1. The van der Waals surface area contributed by atoms with Crippen LogP contribution < -0.4 is 5.32 Å². The van der Waals surface area contributed by atoms with Crippen molar-refractivity contribution >= 4 is 30.7 Å². The number of rotatable bonds is 5. The van der Waals surface area contributed by atoms with Crippen LogP contribution >= 0.6 is 24.8 Å². The van der Waals surface area contributed by atoms with Crippen LogP contribution in [0.25, 0.3) is 11.3 Å². The van der Waals surface area contributed by atoms with E-state index in [4.69, 9.17) is 4.42 Å². The zero-order chi connectivity index (χ0) is 19.5. The summed E-state index contributed by atoms with van der Waals surface area (Å²) in [5, 5.41) is 3.32. The Morgan fingerprint density at radius 2 is 2.10 bits per heavy atom. The van der Waals surface area contributed by atoms with E-state index in [9.17, 15) is 9.18 Å². The molecule has 3 heterocycles. The molecule has 1 fully saturated rings. The van der Waals surface area contributed by atoms with Crippen molar-refractivity contribution in [1.82, 2.24) is 24.8 Å². The number of amides is 1. The highest BCUT2D eigenvalue weighted by molar-refractivity contribution is 5.85. The first-order valence-corrected chi connectivity index (χ1v) is 9.30. The number of imidazole rings is 1. The number of carbonyl (C=O) groups is 1. The number of piperazine rings is 1. The van der Waals surface area contributed by atoms with Crippen molar-refractivity contribution in [2.24, 2.45) is 7.05 Å². The molecule has 1 N–H and O–H groups in total. The average molecular weight is 456 g/mol. The number of carbonyl (C=O) groups excluding carboxylic acids is 1. The van der Waals surface area contributed by atoms with Crippen molar-refractivity contribution in [3.05, 3.63) is 60.4 Å². The van der Waals surface area contributed by atoms with Gasteiger partial charge in [0.15, 0.2) is 11.7 Å². The van der Waals surface area contributed by atoms with Crippen LogP contribution in [-0.4, -0.2) is 45.0 Å². The average Bonchev–Trinajstić information content (AvgIpc) is 3.35. The van der Waals surface area contributed by atoms with E-state index in [1.807, 2.05) is 22.7 Å². The summed E-state index contributed by atoms with van der Waals surface area (Å²) in [6, 6.07) is 6.29. The Balaban J connectivity index is 0.00000160. The molecule has 30 heavy (non-hydrogen) atoms. The van der Waals surface area contributed by atoms with Gasteiger partial charge in [0.25, 0.3) is 0 Å². The van der Waals surface area contributed by atoms with E-state index in [0.29, 0.717) is 36.7 Å². The van der Waals surface area contributed by atoms with Crippen LogP contribution in [0.1, 0.15) is 24.2 Å². The van der Waals surface area contributed by atoms with Gasteiger partial charge in [-0.3, -0.25) is 4.79 Å². The predicted molar refractivity (Wildman–Crippen MR) is 115 cm³/mol. The van der Waals surface area contributed by atoms with E-state index in [1.54, 1.807) is 24.4 Å². The van der Waals surface area contributed by atoms with Gasteiger partial charge in [-0.25, -0.2) is 14.4 Å². The molecule has 0 bridgehead atoms. The molecule has 0 saturated carbocycles. The van der Waals surface area contributed by atoms with Crippen molar-refractivity contribution in [1.29, 1.82) is 0 Å². The van der Waals surface area contributed by atoms with E-state index < -0.39 is 0 Å². The summed E-state index contributed by atoms with van der Waals surface area (Å²) in [6.07, 6.45) is 5.76. The van der Waals surface area contributed by atoms with Crippen molar-refractivity contribution in [3.8, 4) is 11.3 Å². The highest BCUT2D eigenvalue weighted by Crippen LogP contribution is 2.25. The highest BCUT2D eigenvalue weighted by atomic mass is 35.5. The number of benzene rings is 1. The maximum absolute atomic E-state index is 13.9. The van der Waals surface area contributed by atoms with Gasteiger partial charge in [0, 0.05) is 51.9 Å². The smallest absolute Gasteiger partial charge is 0.223 e. The van der Waals surface area contributed by atoms with Crippen LogP contribution in [0, 0.1) is 5.82 Å². The second-order valence-electron chi connectivity index (χ2n) is 6.80. The predicted octanol–water partition coefficient (Wildman–Crippen LogP) is 3.16. The molecule has 1 aliphatic rings. The number of aryl methyl sites for hydroxylation is 2. The Morgan fingerprint density at radius 1 is 1.30 bits per heavy atom. The molecule has 1 aliphatic heterocycles. The number of nitrogens with zero attached hydrogens (tertiary/aromatic N) is 4. The zero-order valence-electron chi connectivity index (χ0n) is 16.5. The molecular formula is C20H24Cl2FN5O2. The Morgan fingerprint density at radius 3 is 2.83 bits per heavy atom. The molecule has 0 radical (unpaired) electrons. The first-order valence-electron chi connectivity index (χ1n) is 9.30. The monoisotopic (exact) mass is 455 g/mol. The summed E-state index contributed by atoms with van der Waals surface area (Å²) in [5.74, 6) is 1.32. The minimum absolute atomic E-state index is 0. The van der Waals surface area contributed by atoms with Gasteiger partial charge in [-0.15, -0.1) is 24.8 Å². The summed E-state index contributed by atoms with van der Waals surface area (Å²) >= 11 is 0. The molecule has 162 valence electrons. The second-order valence-corrected chi connectivity index (χ2v) is 6.80. The molecule has 0 spiro atoms. The van der Waals surface area contributed by atoms with Crippen molar-refractivity contribution in [3.63, 3.8) is 0 Å². The lowest BCUT2D eigenvalue weighted by molar-refractivity contribution is -0.134. The van der Waals surface area contributed by atoms with Gasteiger partial charge in [0.2, 0.25) is 5.91 Å². The summed E-state index contributed by atoms with van der Waals surface area (Å²) in [7, 11) is 1.93. The number of hydrogen-bond donors (Lipinski definition) is 1. The van der Waals surface area contributed by atoms with E-state index >= 15 is 0 Å². The SMILES string of the molecule is Cl.Cl.Cn1ccnc1C1CNCCN1C(=O)CCc1ncc(-c2ccccc2F)o1. The van der Waals surface area contributed by atoms with Crippen molar-refractivity contribution in [2.45, 2.75) is 18.9 Å². The second kappa shape index (κ2) is 10.6. The summed E-state index contributed by atoms with van der Waals surface area (Å²) < 4.78 is 21.5. The molecule has 1 saturated heterocycles. The van der Waals surface area contributed by atoms with Crippen LogP contribution in [-0.2, 0) is 18.3 Å². The van der Waals surface area contributed by atoms with Crippen LogP contribution in [0.15, 0.2) is 47.3 Å². The van der Waals surface area contributed by atoms with E-state index in [-0.39, 0.29) is 49.0 Å². The standard InChI is InChI=1S/C20H22FN5O2.2ClH/c1-25-10-9-23-20(25)16-12-22-8-11-26(16)19(27)7-6-18-24-13-17(28-18)14-4-2-3-5-15(14)21;;/h2-5,9-10,13,16,22H,6-8,11-12H2,1H3;2*1H. The summed E-state index contributed by atoms with van der Waals surface area (Å²) in [4.78, 5) is 23.3. The minimum atomic E-state index is -0.361. The summed E-state index contributed by atoms with van der Waals surface area (Å²) in [5.41, 5.74) is 0.365. The van der Waals surface area contributed by atoms with Gasteiger partial charge >= 0.3 is 0 Å². The largest absolute Gasteiger partial charge is 0.441 e. The lowest BCUT2D eigenvalue weighted by Gasteiger charge is -2.35. The van der Waals surface area contributed by atoms with Crippen LogP contribution in [0.2, 0.25) is 0 Å². The fourth-order valence-corrected chi connectivity index (χ4v) is 3.50. The maximum Gasteiger partial charge on any atom is 0.223 e. The fourth-order valence-electron chi connectivity index (χ4n) is 3.50. The van der Waals surface area contributed by atoms with Gasteiger partial charge in [-0.1, -0.05) is 12.1 Å². The molecule has 3 aromatic rings.